The van der Waals surface area contributed by atoms with E-state index < -0.39 is 20.8 Å². The van der Waals surface area contributed by atoms with Gasteiger partial charge in [0, 0.05) is 11.6 Å². The van der Waals surface area contributed by atoms with Crippen LogP contribution in [-0.2, 0) is 10.1 Å². The molecule has 0 saturated heterocycles. The molecule has 0 aliphatic heterocycles. The predicted molar refractivity (Wildman–Crippen MR) is 166 cm³/mol. The van der Waals surface area contributed by atoms with Crippen LogP contribution < -0.4 is 56.1 Å². The molecule has 1 aromatic heterocycles. The minimum Gasteiger partial charge on any atom is -0.494 e. The summed E-state index contributed by atoms with van der Waals surface area (Å²) in [7, 11) is -4.64. The number of thioether (sulfide) groups is 1. The van der Waals surface area contributed by atoms with Gasteiger partial charge in [-0.25, -0.2) is 0 Å². The number of Topliss-reactive ketones (excluding diaryl/α,β-unsaturated/α-hetero) is 1. The van der Waals surface area contributed by atoms with Crippen LogP contribution in [0.15, 0.2) is 58.6 Å². The standard InChI is InChI=1S/C31H44N4O5S2.K/c1-2-3-4-5-6-7-8-9-10-11-12-13-14-18-23-40-27-21-22-28(30(24-27)42(37,38)39)29(36)25-41-31-32-33-34-35(31)26-19-16-15-17-20-26;/h15-17,19-22,24H,2-14,18,23,25H2,1H3,(H,37,38,39);/q;+1. The first-order valence-corrected chi connectivity index (χ1v) is 17.6. The number of ether oxygens (including phenoxy) is 1. The number of hydrogen-bond acceptors (Lipinski definition) is 8. The molecule has 43 heavy (non-hydrogen) atoms. The SMILES string of the molecule is CCCCCCCCCCCCCCCCOc1ccc(C(=O)CSc2nnnn2-c2ccccc2)c(S(=O)(=O)O)c1.[K+]. The van der Waals surface area contributed by atoms with Gasteiger partial charge in [-0.1, -0.05) is 120 Å². The van der Waals surface area contributed by atoms with E-state index in [-0.39, 0.29) is 62.7 Å². The first-order chi connectivity index (χ1) is 20.4. The van der Waals surface area contributed by atoms with Crippen molar-refractivity contribution in [2.75, 3.05) is 12.4 Å². The van der Waals surface area contributed by atoms with E-state index in [1.165, 1.54) is 87.4 Å². The van der Waals surface area contributed by atoms with Crippen molar-refractivity contribution in [2.24, 2.45) is 0 Å². The van der Waals surface area contributed by atoms with Gasteiger partial charge in [0.15, 0.2) is 5.78 Å². The molecule has 0 aliphatic carbocycles. The summed E-state index contributed by atoms with van der Waals surface area (Å²) in [5.41, 5.74) is 0.629. The number of hydrogen-bond donors (Lipinski definition) is 1. The molecular formula is C31H44KN4O5S2+. The molecule has 0 amide bonds. The molecule has 0 bridgehead atoms. The molecular weight excluding hydrogens is 612 g/mol. The van der Waals surface area contributed by atoms with Crippen LogP contribution in [0.1, 0.15) is 107 Å². The molecule has 12 heteroatoms. The van der Waals surface area contributed by atoms with Crippen LogP contribution >= 0.6 is 11.8 Å². The zero-order chi connectivity index (χ0) is 30.0. The third-order valence-electron chi connectivity index (χ3n) is 7.07. The van der Waals surface area contributed by atoms with Gasteiger partial charge >= 0.3 is 51.4 Å². The fourth-order valence-electron chi connectivity index (χ4n) is 4.73. The van der Waals surface area contributed by atoms with E-state index in [9.17, 15) is 17.8 Å². The number of carbonyl (C=O) groups is 1. The van der Waals surface area contributed by atoms with Crippen molar-refractivity contribution < 1.29 is 73.9 Å². The number of ketones is 1. The molecule has 3 rings (SSSR count). The largest absolute Gasteiger partial charge is 1.00 e. The quantitative estimate of drug-likeness (QED) is 0.0537. The summed E-state index contributed by atoms with van der Waals surface area (Å²) in [4.78, 5) is 12.5. The Bertz CT molecular complexity index is 1320. The third-order valence-corrected chi connectivity index (χ3v) is 8.88. The van der Waals surface area contributed by atoms with E-state index >= 15 is 0 Å². The van der Waals surface area contributed by atoms with Crippen molar-refractivity contribution in [3.63, 3.8) is 0 Å². The van der Waals surface area contributed by atoms with Crippen LogP contribution in [0.3, 0.4) is 0 Å². The number of carbonyl (C=O) groups excluding carboxylic acids is 1. The summed E-state index contributed by atoms with van der Waals surface area (Å²) in [5.74, 6) is -0.294. The van der Waals surface area contributed by atoms with Crippen molar-refractivity contribution in [1.82, 2.24) is 20.2 Å². The molecule has 3 aromatic rings. The first-order valence-electron chi connectivity index (χ1n) is 15.1. The van der Waals surface area contributed by atoms with Crippen LogP contribution in [0, 0.1) is 0 Å². The molecule has 0 saturated carbocycles. The summed E-state index contributed by atoms with van der Waals surface area (Å²) in [6.45, 7) is 2.69. The smallest absolute Gasteiger partial charge is 0.494 e. The second-order valence-electron chi connectivity index (χ2n) is 10.5. The number of benzene rings is 2. The Balaban J connectivity index is 0.00000645. The van der Waals surface area contributed by atoms with Gasteiger partial charge in [-0.3, -0.25) is 9.35 Å². The Morgan fingerprint density at radius 2 is 1.44 bits per heavy atom. The number of rotatable bonds is 22. The fourth-order valence-corrected chi connectivity index (χ4v) is 6.23. The van der Waals surface area contributed by atoms with E-state index in [1.54, 1.807) is 6.07 Å². The van der Waals surface area contributed by atoms with Crippen molar-refractivity contribution in [3.8, 4) is 11.4 Å². The second-order valence-corrected chi connectivity index (χ2v) is 12.8. The molecule has 0 radical (unpaired) electrons. The van der Waals surface area contributed by atoms with Gasteiger partial charge < -0.3 is 4.74 Å². The Labute approximate surface area is 303 Å². The molecule has 0 spiro atoms. The van der Waals surface area contributed by atoms with Gasteiger partial charge in [-0.15, -0.1) is 5.10 Å². The summed E-state index contributed by atoms with van der Waals surface area (Å²) in [5, 5.41) is 12.0. The number of unbranched alkanes of at least 4 members (excludes halogenated alkanes) is 13. The zero-order valence-corrected chi connectivity index (χ0v) is 30.4. The molecule has 0 atom stereocenters. The van der Waals surface area contributed by atoms with Crippen LogP contribution in [0.2, 0.25) is 0 Å². The summed E-state index contributed by atoms with van der Waals surface area (Å²) in [6.07, 6.45) is 17.7. The predicted octanol–water partition coefficient (Wildman–Crippen LogP) is 4.75. The molecule has 1 heterocycles. The second kappa shape index (κ2) is 21.6. The maximum atomic E-state index is 13.0. The monoisotopic (exact) mass is 655 g/mol. The summed E-state index contributed by atoms with van der Waals surface area (Å²) >= 11 is 1.08. The topological polar surface area (TPSA) is 124 Å². The maximum Gasteiger partial charge on any atom is 1.00 e. The van der Waals surface area contributed by atoms with Crippen molar-refractivity contribution in [1.29, 1.82) is 0 Å². The van der Waals surface area contributed by atoms with E-state index in [1.807, 2.05) is 30.3 Å². The molecule has 230 valence electrons. The fraction of sp³-hybridized carbons (Fsp3) is 0.548. The molecule has 0 unspecified atom stereocenters. The van der Waals surface area contributed by atoms with Crippen molar-refractivity contribution in [3.05, 3.63) is 54.1 Å². The Hall–Kier alpha value is -1.12. The average molecular weight is 656 g/mol. The average Bonchev–Trinajstić information content (AvgIpc) is 3.46. The van der Waals surface area contributed by atoms with Crippen LogP contribution in [0.4, 0.5) is 0 Å². The number of tetrazole rings is 1. The van der Waals surface area contributed by atoms with Gasteiger partial charge in [-0.05, 0) is 41.1 Å². The van der Waals surface area contributed by atoms with E-state index in [4.69, 9.17) is 4.74 Å². The van der Waals surface area contributed by atoms with Crippen LogP contribution in [0.25, 0.3) is 5.69 Å². The van der Waals surface area contributed by atoms with Gasteiger partial charge in [0.25, 0.3) is 10.1 Å². The normalized spacial score (nSPS) is 11.3. The Morgan fingerprint density at radius 3 is 2.02 bits per heavy atom. The Kier molecular flexibility index (Phi) is 19.1. The third kappa shape index (κ3) is 14.2. The summed E-state index contributed by atoms with van der Waals surface area (Å²) < 4.78 is 41.3. The van der Waals surface area contributed by atoms with Crippen LogP contribution in [0.5, 0.6) is 5.75 Å². The van der Waals surface area contributed by atoms with E-state index in [0.29, 0.717) is 17.5 Å². The van der Waals surface area contributed by atoms with Gasteiger partial charge in [-0.2, -0.15) is 13.1 Å². The number of para-hydroxylation sites is 1. The molecule has 0 aliphatic rings. The van der Waals surface area contributed by atoms with Gasteiger partial charge in [0.1, 0.15) is 10.6 Å². The van der Waals surface area contributed by atoms with Gasteiger partial charge in [0.2, 0.25) is 5.16 Å². The maximum absolute atomic E-state index is 13.0. The van der Waals surface area contributed by atoms with Crippen LogP contribution in [-0.4, -0.2) is 51.3 Å². The molecule has 1 N–H and O–H groups in total. The summed E-state index contributed by atoms with van der Waals surface area (Å²) in [6, 6.07) is 13.4. The number of nitrogens with zero attached hydrogens (tertiary/aromatic N) is 4. The van der Waals surface area contributed by atoms with Crippen molar-refractivity contribution in [2.45, 2.75) is 107 Å². The van der Waals surface area contributed by atoms with E-state index in [2.05, 4.69) is 22.4 Å². The minimum absolute atomic E-state index is 0. The minimum atomic E-state index is -4.64. The molecule has 2 aromatic carbocycles. The molecule has 9 nitrogen and oxygen atoms in total. The first kappa shape index (κ1) is 38.1. The molecule has 0 fully saturated rings. The zero-order valence-electron chi connectivity index (χ0n) is 25.6. The Morgan fingerprint density at radius 1 is 0.860 bits per heavy atom. The van der Waals surface area contributed by atoms with E-state index in [0.717, 1.165) is 36.7 Å². The number of aromatic nitrogens is 4. The van der Waals surface area contributed by atoms with Gasteiger partial charge in [0.05, 0.1) is 18.0 Å². The van der Waals surface area contributed by atoms with Crippen molar-refractivity contribution >= 4 is 27.7 Å².